The van der Waals surface area contributed by atoms with Gasteiger partial charge in [-0.05, 0) is 30.9 Å². The van der Waals surface area contributed by atoms with Crippen LogP contribution in [0.25, 0.3) is 0 Å². The van der Waals surface area contributed by atoms with E-state index in [-0.39, 0.29) is 17.6 Å². The summed E-state index contributed by atoms with van der Waals surface area (Å²) in [7, 11) is 1.76. The van der Waals surface area contributed by atoms with E-state index in [9.17, 15) is 9.90 Å². The molecule has 0 saturated heterocycles. The van der Waals surface area contributed by atoms with E-state index < -0.39 is 0 Å². The van der Waals surface area contributed by atoms with Gasteiger partial charge < -0.3 is 15.7 Å². The molecule has 0 bridgehead atoms. The van der Waals surface area contributed by atoms with Crippen LogP contribution in [0, 0.1) is 11.8 Å². The van der Waals surface area contributed by atoms with Gasteiger partial charge in [-0.1, -0.05) is 32.0 Å². The van der Waals surface area contributed by atoms with Gasteiger partial charge in [0.05, 0.1) is 0 Å². The van der Waals surface area contributed by atoms with Crippen LogP contribution in [0.5, 0.6) is 5.75 Å². The number of carbonyl (C=O) groups excluding carboxylic acids is 1. The van der Waals surface area contributed by atoms with E-state index in [1.807, 2.05) is 12.1 Å². The first-order chi connectivity index (χ1) is 9.43. The van der Waals surface area contributed by atoms with Gasteiger partial charge in [0, 0.05) is 25.6 Å². The lowest BCUT2D eigenvalue weighted by Gasteiger charge is -2.22. The number of phenols is 1. The summed E-state index contributed by atoms with van der Waals surface area (Å²) in [6, 6.07) is 7.09. The predicted molar refractivity (Wildman–Crippen MR) is 81.2 cm³/mol. The zero-order chi connectivity index (χ0) is 15.1. The molecule has 20 heavy (non-hydrogen) atoms. The summed E-state index contributed by atoms with van der Waals surface area (Å²) in [5.41, 5.74) is 6.50. The minimum absolute atomic E-state index is 0.0735. The van der Waals surface area contributed by atoms with E-state index in [1.165, 1.54) is 0 Å². The Labute approximate surface area is 121 Å². The van der Waals surface area contributed by atoms with Crippen LogP contribution in [-0.4, -0.2) is 29.5 Å². The van der Waals surface area contributed by atoms with E-state index in [0.717, 1.165) is 12.0 Å². The number of nitrogens with two attached hydrogens (primary N) is 1. The molecule has 1 atom stereocenters. The Morgan fingerprint density at radius 1 is 1.35 bits per heavy atom. The Bertz CT molecular complexity index is 432. The maximum Gasteiger partial charge on any atom is 0.222 e. The highest BCUT2D eigenvalue weighted by molar-refractivity contribution is 5.76. The third-order valence-electron chi connectivity index (χ3n) is 3.43. The van der Waals surface area contributed by atoms with Crippen molar-refractivity contribution in [2.24, 2.45) is 17.6 Å². The highest BCUT2D eigenvalue weighted by atomic mass is 16.3. The molecule has 1 aromatic carbocycles. The number of aromatic hydroxyl groups is 1. The van der Waals surface area contributed by atoms with Gasteiger partial charge in [0.15, 0.2) is 0 Å². The summed E-state index contributed by atoms with van der Waals surface area (Å²) in [6.45, 7) is 5.23. The van der Waals surface area contributed by atoms with Crippen LogP contribution in [0.1, 0.15) is 32.3 Å². The second-order valence-electron chi connectivity index (χ2n) is 5.81. The van der Waals surface area contributed by atoms with Crippen LogP contribution in [0.15, 0.2) is 24.3 Å². The second-order valence-corrected chi connectivity index (χ2v) is 5.81. The number of hydrogen-bond acceptors (Lipinski definition) is 3. The van der Waals surface area contributed by atoms with Crippen molar-refractivity contribution in [2.75, 3.05) is 13.6 Å². The van der Waals surface area contributed by atoms with Crippen molar-refractivity contribution in [3.63, 3.8) is 0 Å². The first kappa shape index (κ1) is 16.5. The first-order valence-electron chi connectivity index (χ1n) is 7.15. The molecule has 0 fully saturated rings. The Hall–Kier alpha value is -1.55. The lowest BCUT2D eigenvalue weighted by Crippen LogP contribution is -2.30. The maximum absolute atomic E-state index is 12.2. The van der Waals surface area contributed by atoms with Crippen molar-refractivity contribution in [3.8, 4) is 5.75 Å². The van der Waals surface area contributed by atoms with Gasteiger partial charge in [0.1, 0.15) is 5.75 Å². The zero-order valence-corrected chi connectivity index (χ0v) is 12.7. The Morgan fingerprint density at radius 3 is 2.55 bits per heavy atom. The van der Waals surface area contributed by atoms with Gasteiger partial charge in [-0.15, -0.1) is 0 Å². The van der Waals surface area contributed by atoms with Crippen molar-refractivity contribution in [1.82, 2.24) is 4.90 Å². The summed E-state index contributed by atoms with van der Waals surface area (Å²) in [6.07, 6.45) is 1.44. The topological polar surface area (TPSA) is 66.6 Å². The third-order valence-corrected chi connectivity index (χ3v) is 3.43. The Kier molecular flexibility index (Phi) is 6.52. The van der Waals surface area contributed by atoms with Crippen LogP contribution in [0.3, 0.4) is 0 Å². The molecule has 4 nitrogen and oxygen atoms in total. The number of carbonyl (C=O) groups is 1. The maximum atomic E-state index is 12.2. The second kappa shape index (κ2) is 7.90. The van der Waals surface area contributed by atoms with Crippen LogP contribution < -0.4 is 5.73 Å². The van der Waals surface area contributed by atoms with Crippen LogP contribution >= 0.6 is 0 Å². The number of benzene rings is 1. The molecule has 0 aliphatic heterocycles. The molecule has 0 aromatic heterocycles. The number of para-hydroxylation sites is 1. The fraction of sp³-hybridized carbons (Fsp3) is 0.562. The molecule has 0 aliphatic rings. The molecule has 0 unspecified atom stereocenters. The normalized spacial score (nSPS) is 12.4. The smallest absolute Gasteiger partial charge is 0.222 e. The first-order valence-corrected chi connectivity index (χ1v) is 7.15. The zero-order valence-electron chi connectivity index (χ0n) is 12.7. The van der Waals surface area contributed by atoms with Gasteiger partial charge >= 0.3 is 0 Å². The Morgan fingerprint density at radius 2 is 2.00 bits per heavy atom. The van der Waals surface area contributed by atoms with Crippen LogP contribution in [0.2, 0.25) is 0 Å². The van der Waals surface area contributed by atoms with Gasteiger partial charge in [-0.3, -0.25) is 4.79 Å². The van der Waals surface area contributed by atoms with Gasteiger partial charge in [0.25, 0.3) is 0 Å². The number of hydrogen-bond donors (Lipinski definition) is 2. The van der Waals surface area contributed by atoms with E-state index in [2.05, 4.69) is 13.8 Å². The predicted octanol–water partition coefficient (Wildman–Crippen LogP) is 2.36. The van der Waals surface area contributed by atoms with Crippen LogP contribution in [-0.2, 0) is 11.3 Å². The van der Waals surface area contributed by atoms with E-state index in [0.29, 0.717) is 25.4 Å². The fourth-order valence-corrected chi connectivity index (χ4v) is 2.32. The SMILES string of the molecule is CC(C)C[C@H](CN)CC(=O)N(C)Cc1ccccc1O. The minimum Gasteiger partial charge on any atom is -0.508 e. The third kappa shape index (κ3) is 5.21. The molecule has 1 rings (SSSR count). The van der Waals surface area contributed by atoms with Crippen molar-refractivity contribution in [1.29, 1.82) is 0 Å². The molecule has 1 amide bonds. The molecule has 0 spiro atoms. The number of nitrogens with zero attached hydrogens (tertiary/aromatic N) is 1. The highest BCUT2D eigenvalue weighted by Crippen LogP contribution is 2.19. The molecule has 0 aliphatic carbocycles. The molecule has 4 heteroatoms. The van der Waals surface area contributed by atoms with Crippen molar-refractivity contribution in [2.45, 2.75) is 33.2 Å². The van der Waals surface area contributed by atoms with E-state index in [1.54, 1.807) is 24.1 Å². The quantitative estimate of drug-likeness (QED) is 0.804. The summed E-state index contributed by atoms with van der Waals surface area (Å²) in [4.78, 5) is 13.8. The summed E-state index contributed by atoms with van der Waals surface area (Å²) in [5, 5.41) is 9.73. The summed E-state index contributed by atoms with van der Waals surface area (Å²) < 4.78 is 0. The summed E-state index contributed by atoms with van der Waals surface area (Å²) >= 11 is 0. The molecule has 3 N–H and O–H groups in total. The minimum atomic E-state index is 0.0735. The van der Waals surface area contributed by atoms with Gasteiger partial charge in [-0.2, -0.15) is 0 Å². The highest BCUT2D eigenvalue weighted by Gasteiger charge is 2.17. The number of phenolic OH excluding ortho intramolecular Hbond substituents is 1. The molecule has 0 heterocycles. The number of rotatable bonds is 7. The van der Waals surface area contributed by atoms with Crippen LogP contribution in [0.4, 0.5) is 0 Å². The molecular weight excluding hydrogens is 252 g/mol. The molecule has 112 valence electrons. The standard InChI is InChI=1S/C16H26N2O2/c1-12(2)8-13(10-17)9-16(20)18(3)11-14-6-4-5-7-15(14)19/h4-7,12-13,19H,8-11,17H2,1-3H3/t13-/m0/s1. The lowest BCUT2D eigenvalue weighted by atomic mass is 9.94. The molecular formula is C16H26N2O2. The lowest BCUT2D eigenvalue weighted by molar-refractivity contribution is -0.131. The average molecular weight is 278 g/mol. The largest absolute Gasteiger partial charge is 0.508 e. The molecule has 1 aromatic rings. The van der Waals surface area contributed by atoms with Crippen molar-refractivity contribution < 1.29 is 9.90 Å². The van der Waals surface area contributed by atoms with E-state index >= 15 is 0 Å². The Balaban J connectivity index is 2.56. The average Bonchev–Trinajstić information content (AvgIpc) is 2.39. The number of amides is 1. The van der Waals surface area contributed by atoms with E-state index in [4.69, 9.17) is 5.73 Å². The fourth-order valence-electron chi connectivity index (χ4n) is 2.32. The van der Waals surface area contributed by atoms with Gasteiger partial charge in [-0.25, -0.2) is 0 Å². The monoisotopic (exact) mass is 278 g/mol. The summed E-state index contributed by atoms with van der Waals surface area (Å²) in [5.74, 6) is 1.07. The molecule has 0 radical (unpaired) electrons. The van der Waals surface area contributed by atoms with Crippen molar-refractivity contribution in [3.05, 3.63) is 29.8 Å². The van der Waals surface area contributed by atoms with Gasteiger partial charge in [0.2, 0.25) is 5.91 Å². The molecule has 0 saturated carbocycles. The van der Waals surface area contributed by atoms with Crippen molar-refractivity contribution >= 4 is 5.91 Å².